The highest BCUT2D eigenvalue weighted by Gasteiger charge is 2.22. The van der Waals surface area contributed by atoms with Gasteiger partial charge in [-0.2, -0.15) is 0 Å². The molecule has 1 aromatic rings. The van der Waals surface area contributed by atoms with Gasteiger partial charge in [0, 0.05) is 32.2 Å². The second-order valence-corrected chi connectivity index (χ2v) is 5.52. The number of halogens is 4. The number of nitrogens with zero attached hydrogens (tertiary/aromatic N) is 1. The van der Waals surface area contributed by atoms with Crippen LogP contribution >= 0.6 is 36.4 Å². The molecule has 0 unspecified atom stereocenters. The van der Waals surface area contributed by atoms with Crippen molar-refractivity contribution < 1.29 is 4.39 Å². The van der Waals surface area contributed by atoms with E-state index < -0.39 is 0 Å². The van der Waals surface area contributed by atoms with E-state index in [1.165, 1.54) is 18.9 Å². The van der Waals surface area contributed by atoms with Crippen molar-refractivity contribution in [2.75, 3.05) is 26.2 Å². The molecule has 0 saturated carbocycles. The number of nitrogens with one attached hydrogen (secondary N) is 1. The van der Waals surface area contributed by atoms with Crippen LogP contribution in [0.3, 0.4) is 0 Å². The van der Waals surface area contributed by atoms with Gasteiger partial charge in [-0.25, -0.2) is 4.39 Å². The van der Waals surface area contributed by atoms with E-state index in [2.05, 4.69) is 17.1 Å². The normalized spacial score (nSPS) is 16.7. The highest BCUT2D eigenvalue weighted by molar-refractivity contribution is 6.30. The summed E-state index contributed by atoms with van der Waals surface area (Å²) in [5, 5.41) is 3.60. The van der Waals surface area contributed by atoms with Crippen molar-refractivity contribution in [1.82, 2.24) is 10.2 Å². The van der Waals surface area contributed by atoms with Crippen molar-refractivity contribution in [3.8, 4) is 0 Å². The van der Waals surface area contributed by atoms with Crippen LogP contribution in [0, 0.1) is 5.82 Å². The molecular formula is C15H24Cl3FN2. The molecule has 0 radical (unpaired) electrons. The Labute approximate surface area is 144 Å². The molecule has 1 saturated heterocycles. The fourth-order valence-electron chi connectivity index (χ4n) is 2.67. The highest BCUT2D eigenvalue weighted by atomic mass is 35.5. The van der Waals surface area contributed by atoms with Crippen LogP contribution in [-0.4, -0.2) is 31.1 Å². The van der Waals surface area contributed by atoms with Gasteiger partial charge in [0.25, 0.3) is 0 Å². The largest absolute Gasteiger partial charge is 0.314 e. The maximum atomic E-state index is 13.3. The van der Waals surface area contributed by atoms with Gasteiger partial charge in [0.15, 0.2) is 0 Å². The summed E-state index contributed by atoms with van der Waals surface area (Å²) >= 11 is 5.93. The molecule has 0 bridgehead atoms. The smallest absolute Gasteiger partial charge is 0.141 e. The molecule has 1 fully saturated rings. The monoisotopic (exact) mass is 356 g/mol. The molecule has 1 aromatic carbocycles. The average Bonchev–Trinajstić information content (AvgIpc) is 2.44. The zero-order chi connectivity index (χ0) is 13.7. The summed E-state index contributed by atoms with van der Waals surface area (Å²) in [4.78, 5) is 2.48. The molecule has 21 heavy (non-hydrogen) atoms. The van der Waals surface area contributed by atoms with E-state index in [1.807, 2.05) is 6.07 Å². The van der Waals surface area contributed by atoms with Crippen molar-refractivity contribution in [3.05, 3.63) is 34.6 Å². The number of unbranched alkanes of at least 4 members (excludes halogenated alkanes) is 1. The topological polar surface area (TPSA) is 15.3 Å². The maximum Gasteiger partial charge on any atom is 0.141 e. The summed E-state index contributed by atoms with van der Waals surface area (Å²) in [6.45, 7) is 6.34. The first-order valence-corrected chi connectivity index (χ1v) is 7.50. The Hall–Kier alpha value is -0.0600. The molecule has 1 aliphatic heterocycles. The van der Waals surface area contributed by atoms with E-state index in [0.29, 0.717) is 6.04 Å². The summed E-state index contributed by atoms with van der Waals surface area (Å²) in [6.07, 6.45) is 3.47. The van der Waals surface area contributed by atoms with Crippen LogP contribution in [0.25, 0.3) is 0 Å². The summed E-state index contributed by atoms with van der Waals surface area (Å²) in [5.41, 5.74) is 1.14. The second kappa shape index (κ2) is 10.6. The van der Waals surface area contributed by atoms with Crippen LogP contribution < -0.4 is 5.32 Å². The van der Waals surface area contributed by atoms with Gasteiger partial charge in [-0.15, -0.1) is 24.8 Å². The Balaban J connectivity index is 0.00000200. The Bertz CT molecular complexity index is 412. The van der Waals surface area contributed by atoms with E-state index >= 15 is 0 Å². The van der Waals surface area contributed by atoms with E-state index in [9.17, 15) is 4.39 Å². The summed E-state index contributed by atoms with van der Waals surface area (Å²) in [6, 6.07) is 5.52. The fraction of sp³-hybridized carbons (Fsp3) is 0.600. The number of hydrogen-bond donors (Lipinski definition) is 1. The van der Waals surface area contributed by atoms with Gasteiger partial charge >= 0.3 is 0 Å². The minimum absolute atomic E-state index is 0. The van der Waals surface area contributed by atoms with Crippen LogP contribution in [0.2, 0.25) is 5.02 Å². The van der Waals surface area contributed by atoms with Crippen molar-refractivity contribution in [2.24, 2.45) is 0 Å². The molecule has 2 nitrogen and oxygen atoms in total. The average molecular weight is 358 g/mol. The summed E-state index contributed by atoms with van der Waals surface area (Å²) in [5.74, 6) is -0.333. The van der Waals surface area contributed by atoms with Gasteiger partial charge < -0.3 is 5.32 Å². The van der Waals surface area contributed by atoms with Crippen LogP contribution in [0.15, 0.2) is 18.2 Å². The zero-order valence-electron chi connectivity index (χ0n) is 12.3. The number of rotatable bonds is 5. The second-order valence-electron chi connectivity index (χ2n) is 5.12. The summed E-state index contributed by atoms with van der Waals surface area (Å²) in [7, 11) is 0. The maximum absolute atomic E-state index is 13.3. The standard InChI is InChI=1S/C15H22ClFN2.2ClH/c1-2-3-4-15(19-9-7-18-8-10-19)12-5-6-14(17)13(16)11-12;;/h5-6,11,15,18H,2-4,7-10H2,1H3;2*1H/t15-;;/m0../s1. The van der Waals surface area contributed by atoms with E-state index in [1.54, 1.807) is 6.07 Å². The Morgan fingerprint density at radius 2 is 1.95 bits per heavy atom. The molecule has 2 rings (SSSR count). The van der Waals surface area contributed by atoms with Crippen molar-refractivity contribution in [2.45, 2.75) is 32.2 Å². The van der Waals surface area contributed by atoms with Crippen molar-refractivity contribution >= 4 is 36.4 Å². The SMILES string of the molecule is CCCC[C@@H](c1ccc(F)c(Cl)c1)N1CCNCC1.Cl.Cl. The molecular weight excluding hydrogens is 334 g/mol. The van der Waals surface area contributed by atoms with Gasteiger partial charge in [-0.1, -0.05) is 37.4 Å². The first-order valence-electron chi connectivity index (χ1n) is 7.12. The minimum Gasteiger partial charge on any atom is -0.314 e. The van der Waals surface area contributed by atoms with Gasteiger partial charge in [0.05, 0.1) is 5.02 Å². The van der Waals surface area contributed by atoms with Crippen molar-refractivity contribution in [3.63, 3.8) is 0 Å². The van der Waals surface area contributed by atoms with Crippen LogP contribution in [-0.2, 0) is 0 Å². The predicted octanol–water partition coefficient (Wildman–Crippen LogP) is 4.46. The molecule has 6 heteroatoms. The highest BCUT2D eigenvalue weighted by Crippen LogP contribution is 2.29. The molecule has 1 atom stereocenters. The molecule has 0 amide bonds. The quantitative estimate of drug-likeness (QED) is 0.837. The van der Waals surface area contributed by atoms with Crippen LogP contribution in [0.4, 0.5) is 4.39 Å². The molecule has 0 spiro atoms. The third-order valence-corrected chi connectivity index (χ3v) is 4.04. The first-order chi connectivity index (χ1) is 9.22. The van der Waals surface area contributed by atoms with Crippen LogP contribution in [0.5, 0.6) is 0 Å². The number of piperazine rings is 1. The predicted molar refractivity (Wildman–Crippen MR) is 92.6 cm³/mol. The molecule has 0 aliphatic carbocycles. The van der Waals surface area contributed by atoms with Crippen molar-refractivity contribution in [1.29, 1.82) is 0 Å². The Morgan fingerprint density at radius 3 is 2.52 bits per heavy atom. The third kappa shape index (κ3) is 5.91. The molecule has 122 valence electrons. The third-order valence-electron chi connectivity index (χ3n) is 3.75. The van der Waals surface area contributed by atoms with E-state index in [0.717, 1.165) is 38.2 Å². The Morgan fingerprint density at radius 1 is 1.29 bits per heavy atom. The van der Waals surface area contributed by atoms with Gasteiger partial charge in [0.1, 0.15) is 5.82 Å². The van der Waals surface area contributed by atoms with Gasteiger partial charge in [0.2, 0.25) is 0 Å². The lowest BCUT2D eigenvalue weighted by Crippen LogP contribution is -2.45. The Kier molecular flexibility index (Phi) is 10.6. The first kappa shape index (κ1) is 20.9. The van der Waals surface area contributed by atoms with Gasteiger partial charge in [-0.3, -0.25) is 4.90 Å². The van der Waals surface area contributed by atoms with E-state index in [4.69, 9.17) is 11.6 Å². The van der Waals surface area contributed by atoms with Gasteiger partial charge in [-0.05, 0) is 24.1 Å². The lowest BCUT2D eigenvalue weighted by molar-refractivity contribution is 0.163. The number of hydrogen-bond acceptors (Lipinski definition) is 2. The molecule has 1 aliphatic rings. The minimum atomic E-state index is -0.333. The van der Waals surface area contributed by atoms with E-state index in [-0.39, 0.29) is 35.7 Å². The fourth-order valence-corrected chi connectivity index (χ4v) is 2.86. The molecule has 0 aromatic heterocycles. The number of benzene rings is 1. The van der Waals surface area contributed by atoms with Crippen LogP contribution in [0.1, 0.15) is 37.8 Å². The lowest BCUT2D eigenvalue weighted by Gasteiger charge is -2.35. The summed E-state index contributed by atoms with van der Waals surface area (Å²) < 4.78 is 13.3. The lowest BCUT2D eigenvalue weighted by atomic mass is 9.98. The zero-order valence-corrected chi connectivity index (χ0v) is 14.7. The molecule has 1 heterocycles. The molecule has 1 N–H and O–H groups in total.